The molecule has 2 rings (SSSR count). The van der Waals surface area contributed by atoms with Gasteiger partial charge in [-0.05, 0) is 47.0 Å². The Morgan fingerprint density at radius 3 is 2.48 bits per heavy atom. The molecule has 0 spiro atoms. The Labute approximate surface area is 160 Å². The second-order valence-electron chi connectivity index (χ2n) is 7.92. The van der Waals surface area contributed by atoms with Gasteiger partial charge in [0.25, 0.3) is 5.91 Å². The minimum Gasteiger partial charge on any atom is -0.444 e. The Hall–Kier alpha value is -2.09. The maximum absolute atomic E-state index is 13.1. The highest BCUT2D eigenvalue weighted by molar-refractivity contribution is 5.93. The zero-order chi connectivity index (χ0) is 20.2. The quantitative estimate of drug-likeness (QED) is 0.815. The van der Waals surface area contributed by atoms with E-state index < -0.39 is 5.60 Å². The highest BCUT2D eigenvalue weighted by atomic mass is 16.6. The van der Waals surface area contributed by atoms with E-state index in [-0.39, 0.29) is 31.2 Å². The summed E-state index contributed by atoms with van der Waals surface area (Å²) in [6, 6.07) is -0.0370. The van der Waals surface area contributed by atoms with Crippen LogP contribution in [0.5, 0.6) is 0 Å². The average Bonchev–Trinajstić information content (AvgIpc) is 2.99. The standard InChI is InChI=1S/C19H32N4O4/c1-6-15-16(21-13(2)20-15)17(25)23(11-12-24)14-7-9-22(10-8-14)18(26)27-19(3,4)5/h14,24H,6-12H2,1-5H3,(H,20,21). The summed E-state index contributed by atoms with van der Waals surface area (Å²) in [5, 5.41) is 9.46. The van der Waals surface area contributed by atoms with Gasteiger partial charge in [0, 0.05) is 31.4 Å². The number of carbonyl (C=O) groups excluding carboxylic acids is 2. The topological polar surface area (TPSA) is 98.8 Å². The second kappa shape index (κ2) is 8.73. The molecule has 0 atom stereocenters. The number of hydrogen-bond acceptors (Lipinski definition) is 5. The van der Waals surface area contributed by atoms with E-state index in [4.69, 9.17) is 4.74 Å². The first-order valence-electron chi connectivity index (χ1n) is 9.61. The lowest BCUT2D eigenvalue weighted by Gasteiger charge is -2.38. The molecule has 1 saturated heterocycles. The molecule has 0 radical (unpaired) electrons. The minimum atomic E-state index is -0.527. The highest BCUT2D eigenvalue weighted by Crippen LogP contribution is 2.21. The maximum atomic E-state index is 13.1. The van der Waals surface area contributed by atoms with E-state index >= 15 is 0 Å². The molecule has 8 heteroatoms. The Kier molecular flexibility index (Phi) is 6.86. The van der Waals surface area contributed by atoms with Crippen molar-refractivity contribution in [3.63, 3.8) is 0 Å². The summed E-state index contributed by atoms with van der Waals surface area (Å²) in [5.74, 6) is 0.542. The maximum Gasteiger partial charge on any atom is 0.410 e. The van der Waals surface area contributed by atoms with Crippen LogP contribution in [0.2, 0.25) is 0 Å². The van der Waals surface area contributed by atoms with Gasteiger partial charge in [-0.15, -0.1) is 0 Å². The van der Waals surface area contributed by atoms with E-state index in [1.54, 1.807) is 9.80 Å². The monoisotopic (exact) mass is 380 g/mol. The summed E-state index contributed by atoms with van der Waals surface area (Å²) in [4.78, 5) is 36.1. The zero-order valence-corrected chi connectivity index (χ0v) is 17.0. The van der Waals surface area contributed by atoms with Gasteiger partial charge in [0.15, 0.2) is 0 Å². The third kappa shape index (κ3) is 5.45. The van der Waals surface area contributed by atoms with Crippen molar-refractivity contribution in [1.29, 1.82) is 0 Å². The molecule has 0 unspecified atom stereocenters. The first-order chi connectivity index (χ1) is 12.7. The van der Waals surface area contributed by atoms with Gasteiger partial charge in [-0.25, -0.2) is 9.78 Å². The Bertz CT molecular complexity index is 657. The normalized spacial score (nSPS) is 15.7. The number of aryl methyl sites for hydroxylation is 2. The minimum absolute atomic E-state index is 0.0370. The molecule has 152 valence electrons. The molecule has 0 aliphatic carbocycles. The van der Waals surface area contributed by atoms with Crippen molar-refractivity contribution in [2.45, 2.75) is 65.5 Å². The van der Waals surface area contributed by atoms with Crippen LogP contribution in [-0.2, 0) is 11.2 Å². The molecule has 2 heterocycles. The van der Waals surface area contributed by atoms with Gasteiger partial charge in [0.1, 0.15) is 17.1 Å². The number of aliphatic hydroxyl groups excluding tert-OH is 1. The van der Waals surface area contributed by atoms with Crippen molar-refractivity contribution in [3.05, 3.63) is 17.2 Å². The summed E-state index contributed by atoms with van der Waals surface area (Å²) in [7, 11) is 0. The fourth-order valence-electron chi connectivity index (χ4n) is 3.35. The fraction of sp³-hybridized carbons (Fsp3) is 0.737. The second-order valence-corrected chi connectivity index (χ2v) is 7.92. The third-order valence-electron chi connectivity index (χ3n) is 4.61. The molecule has 1 aromatic heterocycles. The largest absolute Gasteiger partial charge is 0.444 e. The number of likely N-dealkylation sites (tertiary alicyclic amines) is 1. The molecule has 2 N–H and O–H groups in total. The van der Waals surface area contributed by atoms with Crippen LogP contribution in [0.1, 0.15) is 62.5 Å². The lowest BCUT2D eigenvalue weighted by Crippen LogP contribution is -2.50. The number of rotatable bonds is 5. The lowest BCUT2D eigenvalue weighted by molar-refractivity contribution is 0.0136. The van der Waals surface area contributed by atoms with Gasteiger partial charge in [-0.1, -0.05) is 6.92 Å². The Balaban J connectivity index is 2.06. The van der Waals surface area contributed by atoms with E-state index in [9.17, 15) is 14.7 Å². The van der Waals surface area contributed by atoms with Crippen molar-refractivity contribution >= 4 is 12.0 Å². The molecule has 8 nitrogen and oxygen atoms in total. The predicted octanol–water partition coefficient (Wildman–Crippen LogP) is 2.11. The molecule has 2 amide bonds. The summed E-state index contributed by atoms with van der Waals surface area (Å²) < 4.78 is 5.42. The van der Waals surface area contributed by atoms with Crippen LogP contribution in [0.15, 0.2) is 0 Å². The Morgan fingerprint density at radius 1 is 1.33 bits per heavy atom. The van der Waals surface area contributed by atoms with Crippen molar-refractivity contribution < 1.29 is 19.4 Å². The average molecular weight is 380 g/mol. The number of imidazole rings is 1. The highest BCUT2D eigenvalue weighted by Gasteiger charge is 2.33. The number of aromatic nitrogens is 2. The Morgan fingerprint density at radius 2 is 1.96 bits per heavy atom. The van der Waals surface area contributed by atoms with Crippen LogP contribution in [0, 0.1) is 6.92 Å². The number of piperidine rings is 1. The van der Waals surface area contributed by atoms with Gasteiger partial charge in [-0.2, -0.15) is 0 Å². The molecule has 0 saturated carbocycles. The van der Waals surface area contributed by atoms with Crippen molar-refractivity contribution in [2.75, 3.05) is 26.2 Å². The fourth-order valence-corrected chi connectivity index (χ4v) is 3.35. The first-order valence-corrected chi connectivity index (χ1v) is 9.61. The van der Waals surface area contributed by atoms with Crippen LogP contribution in [0.25, 0.3) is 0 Å². The number of hydrogen-bond donors (Lipinski definition) is 2. The molecule has 1 aliphatic rings. The van der Waals surface area contributed by atoms with E-state index in [0.29, 0.717) is 43.9 Å². The van der Waals surface area contributed by atoms with E-state index in [1.165, 1.54) is 0 Å². The van der Waals surface area contributed by atoms with Gasteiger partial charge >= 0.3 is 6.09 Å². The molecule has 27 heavy (non-hydrogen) atoms. The number of H-pyrrole nitrogens is 1. The van der Waals surface area contributed by atoms with Gasteiger partial charge in [0.2, 0.25) is 0 Å². The third-order valence-corrected chi connectivity index (χ3v) is 4.61. The summed E-state index contributed by atoms with van der Waals surface area (Å²) in [6.45, 7) is 10.5. The predicted molar refractivity (Wildman–Crippen MR) is 102 cm³/mol. The smallest absolute Gasteiger partial charge is 0.410 e. The number of carbonyl (C=O) groups is 2. The molecule has 1 fully saturated rings. The molecule has 0 bridgehead atoms. The molecular formula is C19H32N4O4. The summed E-state index contributed by atoms with van der Waals surface area (Å²) in [5.41, 5.74) is 0.714. The van der Waals surface area contributed by atoms with Crippen LogP contribution >= 0.6 is 0 Å². The van der Waals surface area contributed by atoms with Crippen molar-refractivity contribution in [3.8, 4) is 0 Å². The van der Waals surface area contributed by atoms with Crippen LogP contribution in [0.4, 0.5) is 4.79 Å². The van der Waals surface area contributed by atoms with Crippen molar-refractivity contribution in [2.24, 2.45) is 0 Å². The number of aliphatic hydroxyl groups is 1. The van der Waals surface area contributed by atoms with Crippen LogP contribution < -0.4 is 0 Å². The van der Waals surface area contributed by atoms with E-state index in [1.807, 2.05) is 34.6 Å². The van der Waals surface area contributed by atoms with Gasteiger partial charge in [0.05, 0.1) is 6.61 Å². The number of ether oxygens (including phenoxy) is 1. The first kappa shape index (κ1) is 21.2. The number of nitrogens with zero attached hydrogens (tertiary/aromatic N) is 3. The number of nitrogens with one attached hydrogen (secondary N) is 1. The number of aromatic amines is 1. The van der Waals surface area contributed by atoms with Gasteiger partial charge in [-0.3, -0.25) is 4.79 Å². The molecule has 0 aromatic carbocycles. The molecule has 1 aliphatic heterocycles. The molecular weight excluding hydrogens is 348 g/mol. The summed E-state index contributed by atoms with van der Waals surface area (Å²) in [6.07, 6.45) is 1.66. The summed E-state index contributed by atoms with van der Waals surface area (Å²) >= 11 is 0. The van der Waals surface area contributed by atoms with Crippen LogP contribution in [0.3, 0.4) is 0 Å². The van der Waals surface area contributed by atoms with Gasteiger partial charge < -0.3 is 24.6 Å². The van der Waals surface area contributed by atoms with E-state index in [2.05, 4.69) is 9.97 Å². The SMILES string of the molecule is CCc1[nH]c(C)nc1C(=O)N(CCO)C1CCN(C(=O)OC(C)(C)C)CC1. The van der Waals surface area contributed by atoms with E-state index in [0.717, 1.165) is 5.69 Å². The number of amides is 2. The van der Waals surface area contributed by atoms with Crippen LogP contribution in [-0.4, -0.2) is 74.8 Å². The lowest BCUT2D eigenvalue weighted by atomic mass is 10.0. The molecule has 1 aromatic rings. The van der Waals surface area contributed by atoms with Crippen molar-refractivity contribution in [1.82, 2.24) is 19.8 Å². The zero-order valence-electron chi connectivity index (χ0n) is 17.0.